The Hall–Kier alpha value is -1.24. The normalized spacial score (nSPS) is 19.5. The summed E-state index contributed by atoms with van der Waals surface area (Å²) in [5, 5.41) is 3.47. The van der Waals surface area contributed by atoms with E-state index in [9.17, 15) is 0 Å². The van der Waals surface area contributed by atoms with Gasteiger partial charge in [-0.05, 0) is 38.0 Å². The van der Waals surface area contributed by atoms with E-state index in [1.54, 1.807) is 0 Å². The smallest absolute Gasteiger partial charge is 0.0448 e. The van der Waals surface area contributed by atoms with Gasteiger partial charge in [-0.2, -0.15) is 0 Å². The first kappa shape index (κ1) is 8.36. The summed E-state index contributed by atoms with van der Waals surface area (Å²) in [7, 11) is 0. The van der Waals surface area contributed by atoms with Crippen molar-refractivity contribution in [3.63, 3.8) is 0 Å². The summed E-state index contributed by atoms with van der Waals surface area (Å²) in [6.07, 6.45) is 4.40. The number of nitrogens with one attached hydrogen (secondary N) is 1. The highest BCUT2D eigenvalue weighted by atomic mass is 14.9. The highest BCUT2D eigenvalue weighted by molar-refractivity contribution is 5.74. The fraction of sp³-hybridized carbons (Fsp3) is 0.333. The maximum Gasteiger partial charge on any atom is 0.0448 e. The molecule has 0 spiro atoms. The van der Waals surface area contributed by atoms with Gasteiger partial charge in [0.25, 0.3) is 0 Å². The predicted octanol–water partition coefficient (Wildman–Crippen LogP) is 3.13. The summed E-state index contributed by atoms with van der Waals surface area (Å²) in [6.45, 7) is 6.46. The lowest BCUT2D eigenvalue weighted by atomic mass is 10.00. The molecular weight excluding hydrogens is 158 g/mol. The molecule has 1 N–H and O–H groups in total. The molecule has 1 aromatic rings. The quantitative estimate of drug-likeness (QED) is 0.635. The summed E-state index contributed by atoms with van der Waals surface area (Å²) in [4.78, 5) is 0. The Morgan fingerprint density at radius 2 is 2.00 bits per heavy atom. The Morgan fingerprint density at radius 3 is 2.77 bits per heavy atom. The summed E-state index contributed by atoms with van der Waals surface area (Å²) in [5.74, 6) is 0. The van der Waals surface area contributed by atoms with Gasteiger partial charge in [-0.25, -0.2) is 0 Å². The molecule has 0 fully saturated rings. The zero-order valence-electron chi connectivity index (χ0n) is 8.39. The lowest BCUT2D eigenvalue weighted by molar-refractivity contribution is 0.987. The summed E-state index contributed by atoms with van der Waals surface area (Å²) >= 11 is 0. The van der Waals surface area contributed by atoms with Gasteiger partial charge < -0.3 is 5.32 Å². The lowest BCUT2D eigenvalue weighted by Gasteiger charge is -2.21. The molecule has 0 radical (unpaired) electrons. The molecule has 1 atom stereocenters. The summed E-state index contributed by atoms with van der Waals surface area (Å²) in [6, 6.07) is 4.89. The van der Waals surface area contributed by atoms with Crippen LogP contribution in [0.4, 0.5) is 5.69 Å². The lowest BCUT2D eigenvalue weighted by Crippen LogP contribution is -2.16. The van der Waals surface area contributed by atoms with Gasteiger partial charge in [0.05, 0.1) is 0 Å². The van der Waals surface area contributed by atoms with Crippen LogP contribution in [-0.4, -0.2) is 6.04 Å². The Labute approximate surface area is 79.5 Å². The van der Waals surface area contributed by atoms with E-state index < -0.39 is 0 Å². The molecule has 0 bridgehead atoms. The van der Waals surface area contributed by atoms with Gasteiger partial charge in [0.15, 0.2) is 0 Å². The number of fused-ring (bicyclic) bond motifs is 1. The summed E-state index contributed by atoms with van der Waals surface area (Å²) in [5.41, 5.74) is 5.28. The molecule has 1 unspecified atom stereocenters. The van der Waals surface area contributed by atoms with Gasteiger partial charge >= 0.3 is 0 Å². The third-order valence-corrected chi connectivity index (χ3v) is 2.45. The second-order valence-electron chi connectivity index (χ2n) is 3.84. The molecule has 1 heterocycles. The molecule has 0 saturated carbocycles. The maximum absolute atomic E-state index is 3.47. The minimum atomic E-state index is 0.453. The SMILES string of the molecule is Cc1cc(C)c2c(c1)C=CC(C)N2. The number of hydrogen-bond acceptors (Lipinski definition) is 1. The number of hydrogen-bond donors (Lipinski definition) is 1. The van der Waals surface area contributed by atoms with Crippen LogP contribution in [0, 0.1) is 13.8 Å². The van der Waals surface area contributed by atoms with Crippen molar-refractivity contribution < 1.29 is 0 Å². The van der Waals surface area contributed by atoms with Gasteiger partial charge in [0, 0.05) is 11.7 Å². The van der Waals surface area contributed by atoms with Gasteiger partial charge in [-0.15, -0.1) is 0 Å². The molecule has 1 aliphatic heterocycles. The van der Waals surface area contributed by atoms with E-state index >= 15 is 0 Å². The van der Waals surface area contributed by atoms with E-state index in [1.165, 1.54) is 22.4 Å². The van der Waals surface area contributed by atoms with Gasteiger partial charge in [0.1, 0.15) is 0 Å². The maximum atomic E-state index is 3.47. The van der Waals surface area contributed by atoms with Crippen LogP contribution >= 0.6 is 0 Å². The van der Waals surface area contributed by atoms with Crippen LogP contribution in [0.15, 0.2) is 18.2 Å². The van der Waals surface area contributed by atoms with Gasteiger partial charge in [-0.1, -0.05) is 23.8 Å². The van der Waals surface area contributed by atoms with Crippen molar-refractivity contribution in [2.75, 3.05) is 5.32 Å². The van der Waals surface area contributed by atoms with Crippen molar-refractivity contribution >= 4 is 11.8 Å². The van der Waals surface area contributed by atoms with E-state index in [0.717, 1.165) is 0 Å². The highest BCUT2D eigenvalue weighted by Gasteiger charge is 2.10. The Morgan fingerprint density at radius 1 is 1.23 bits per heavy atom. The summed E-state index contributed by atoms with van der Waals surface area (Å²) < 4.78 is 0. The second-order valence-corrected chi connectivity index (χ2v) is 3.84. The molecule has 68 valence electrons. The van der Waals surface area contributed by atoms with E-state index in [2.05, 4.69) is 50.4 Å². The largest absolute Gasteiger partial charge is 0.378 e. The number of anilines is 1. The Balaban J connectivity index is 2.56. The molecule has 13 heavy (non-hydrogen) atoms. The molecule has 0 amide bonds. The van der Waals surface area contributed by atoms with Gasteiger partial charge in [-0.3, -0.25) is 0 Å². The monoisotopic (exact) mass is 173 g/mol. The van der Waals surface area contributed by atoms with Crippen LogP contribution in [0.25, 0.3) is 6.08 Å². The molecular formula is C12H15N. The first-order chi connectivity index (χ1) is 6.16. The van der Waals surface area contributed by atoms with Crippen molar-refractivity contribution in [1.29, 1.82) is 0 Å². The fourth-order valence-corrected chi connectivity index (χ4v) is 1.85. The number of aryl methyl sites for hydroxylation is 2. The molecule has 0 aliphatic carbocycles. The molecule has 1 nitrogen and oxygen atoms in total. The van der Waals surface area contributed by atoms with Crippen molar-refractivity contribution in [1.82, 2.24) is 0 Å². The average Bonchev–Trinajstić information content (AvgIpc) is 2.06. The van der Waals surface area contributed by atoms with Gasteiger partial charge in [0.2, 0.25) is 0 Å². The second kappa shape index (κ2) is 2.91. The van der Waals surface area contributed by atoms with E-state index in [1.807, 2.05) is 0 Å². The third-order valence-electron chi connectivity index (χ3n) is 2.45. The van der Waals surface area contributed by atoms with Crippen LogP contribution in [0.3, 0.4) is 0 Å². The van der Waals surface area contributed by atoms with Crippen LogP contribution in [0.1, 0.15) is 23.6 Å². The third kappa shape index (κ3) is 1.46. The molecule has 1 heteroatoms. The molecule has 0 aromatic heterocycles. The van der Waals surface area contributed by atoms with Crippen molar-refractivity contribution in [2.24, 2.45) is 0 Å². The van der Waals surface area contributed by atoms with Crippen molar-refractivity contribution in [3.8, 4) is 0 Å². The van der Waals surface area contributed by atoms with E-state index in [4.69, 9.17) is 0 Å². The molecule has 1 aromatic carbocycles. The Bertz CT molecular complexity index is 364. The first-order valence-electron chi connectivity index (χ1n) is 4.73. The minimum absolute atomic E-state index is 0.453. The van der Waals surface area contributed by atoms with Crippen molar-refractivity contribution in [3.05, 3.63) is 34.9 Å². The van der Waals surface area contributed by atoms with Crippen LogP contribution in [-0.2, 0) is 0 Å². The van der Waals surface area contributed by atoms with E-state index in [-0.39, 0.29) is 0 Å². The van der Waals surface area contributed by atoms with Crippen LogP contribution in [0.5, 0.6) is 0 Å². The highest BCUT2D eigenvalue weighted by Crippen LogP contribution is 2.27. The molecule has 1 aliphatic rings. The zero-order valence-corrected chi connectivity index (χ0v) is 8.39. The average molecular weight is 173 g/mol. The number of benzene rings is 1. The van der Waals surface area contributed by atoms with Crippen molar-refractivity contribution in [2.45, 2.75) is 26.8 Å². The van der Waals surface area contributed by atoms with E-state index in [0.29, 0.717) is 6.04 Å². The molecule has 0 saturated heterocycles. The predicted molar refractivity (Wildman–Crippen MR) is 58.0 cm³/mol. The standard InChI is InChI=1S/C12H15N/c1-8-6-9(2)12-11(7-8)5-4-10(3)13-12/h4-7,10,13H,1-3H3. The first-order valence-corrected chi connectivity index (χ1v) is 4.73. The minimum Gasteiger partial charge on any atom is -0.378 e. The number of rotatable bonds is 0. The van der Waals surface area contributed by atoms with Crippen LogP contribution in [0.2, 0.25) is 0 Å². The zero-order chi connectivity index (χ0) is 9.42. The fourth-order valence-electron chi connectivity index (χ4n) is 1.85. The van der Waals surface area contributed by atoms with Crippen LogP contribution < -0.4 is 5.32 Å². The topological polar surface area (TPSA) is 12.0 Å². The molecule has 2 rings (SSSR count). The Kier molecular flexibility index (Phi) is 1.87.